The highest BCUT2D eigenvalue weighted by Crippen LogP contribution is 2.60. The van der Waals surface area contributed by atoms with Crippen LogP contribution in [0.2, 0.25) is 10.0 Å². The summed E-state index contributed by atoms with van der Waals surface area (Å²) in [5.74, 6) is -1.24. The van der Waals surface area contributed by atoms with Gasteiger partial charge in [0.2, 0.25) is 10.0 Å². The fourth-order valence-corrected chi connectivity index (χ4v) is 7.00. The van der Waals surface area contributed by atoms with Gasteiger partial charge in [0.1, 0.15) is 10.7 Å². The Labute approximate surface area is 175 Å². The van der Waals surface area contributed by atoms with Crippen LogP contribution < -0.4 is 4.72 Å². The van der Waals surface area contributed by atoms with Gasteiger partial charge in [-0.25, -0.2) is 8.42 Å². The van der Waals surface area contributed by atoms with Crippen molar-refractivity contribution in [2.75, 3.05) is 13.2 Å². The molecule has 0 aliphatic heterocycles. The number of nitrogens with one attached hydrogen (secondary N) is 1. The topological polar surface area (TPSA) is 81.7 Å². The minimum atomic E-state index is -4.17. The molecule has 28 heavy (non-hydrogen) atoms. The van der Waals surface area contributed by atoms with E-state index in [-0.39, 0.29) is 23.1 Å². The van der Waals surface area contributed by atoms with Crippen LogP contribution in [-0.2, 0) is 23.6 Å². The lowest BCUT2D eigenvalue weighted by atomic mass is 10.2. The van der Waals surface area contributed by atoms with Crippen LogP contribution in [0, 0.1) is 6.92 Å². The van der Waals surface area contributed by atoms with E-state index in [1.54, 1.807) is 51.1 Å². The number of sulfonamides is 1. The van der Waals surface area contributed by atoms with Crippen molar-refractivity contribution in [3.8, 4) is 0 Å². The molecule has 0 bridgehead atoms. The van der Waals surface area contributed by atoms with E-state index in [4.69, 9.17) is 32.2 Å². The van der Waals surface area contributed by atoms with E-state index in [2.05, 4.69) is 4.72 Å². The van der Waals surface area contributed by atoms with Crippen LogP contribution in [0.3, 0.4) is 0 Å². The van der Waals surface area contributed by atoms with Crippen molar-refractivity contribution in [3.05, 3.63) is 63.6 Å². The number of hydrogen-bond donors (Lipinski definition) is 1. The van der Waals surface area contributed by atoms with Gasteiger partial charge in [-0.2, -0.15) is 4.72 Å². The summed E-state index contributed by atoms with van der Waals surface area (Å²) in [6, 6.07) is 11.2. The predicted molar refractivity (Wildman–Crippen MR) is 112 cm³/mol. The van der Waals surface area contributed by atoms with E-state index in [0.29, 0.717) is 16.1 Å². The van der Waals surface area contributed by atoms with Gasteiger partial charge in [0.05, 0.1) is 18.2 Å². The first-order valence-corrected chi connectivity index (χ1v) is 12.4. The van der Waals surface area contributed by atoms with Gasteiger partial charge in [0.15, 0.2) is 0 Å². The fraction of sp³-hybridized carbons (Fsp3) is 0.333. The molecular weight excluding hydrogens is 444 g/mol. The van der Waals surface area contributed by atoms with Crippen molar-refractivity contribution < 1.29 is 22.0 Å². The highest BCUT2D eigenvalue weighted by molar-refractivity contribution is 7.90. The second kappa shape index (κ2) is 9.72. The maximum Gasteiger partial charge on any atom is 0.352 e. The Balaban J connectivity index is 2.56. The van der Waals surface area contributed by atoms with Crippen LogP contribution in [0.15, 0.2) is 47.4 Å². The smallest absolute Gasteiger partial charge is 0.308 e. The molecule has 1 unspecified atom stereocenters. The summed E-state index contributed by atoms with van der Waals surface area (Å²) in [6.45, 7) is 5.15. The number of benzene rings is 2. The molecule has 6 nitrogen and oxygen atoms in total. The zero-order chi connectivity index (χ0) is 20.9. The normalized spacial score (nSPS) is 13.5. The highest BCUT2D eigenvalue weighted by Gasteiger charge is 2.40. The Morgan fingerprint density at radius 1 is 1.04 bits per heavy atom. The number of hydrogen-bond acceptors (Lipinski definition) is 5. The van der Waals surface area contributed by atoms with Crippen molar-refractivity contribution in [1.82, 2.24) is 4.72 Å². The summed E-state index contributed by atoms with van der Waals surface area (Å²) < 4.78 is 52.8. The van der Waals surface area contributed by atoms with Crippen LogP contribution in [0.4, 0.5) is 0 Å². The van der Waals surface area contributed by atoms with Crippen molar-refractivity contribution in [3.63, 3.8) is 0 Å². The number of aryl methyl sites for hydroxylation is 1. The molecule has 2 aromatic rings. The largest absolute Gasteiger partial charge is 0.352 e. The number of halogens is 2. The third-order valence-corrected chi connectivity index (χ3v) is 8.58. The quantitative estimate of drug-likeness (QED) is 0.491. The minimum absolute atomic E-state index is 0.0439. The molecule has 0 spiro atoms. The van der Waals surface area contributed by atoms with Gasteiger partial charge in [-0.3, -0.25) is 4.57 Å². The molecule has 10 heteroatoms. The van der Waals surface area contributed by atoms with Gasteiger partial charge in [-0.05, 0) is 44.0 Å². The fourth-order valence-electron chi connectivity index (χ4n) is 2.54. The average Bonchev–Trinajstić information content (AvgIpc) is 2.63. The molecule has 0 aromatic heterocycles. The molecule has 0 amide bonds. The molecule has 0 radical (unpaired) electrons. The van der Waals surface area contributed by atoms with Gasteiger partial charge in [0, 0.05) is 5.02 Å². The Morgan fingerprint density at radius 3 is 2.14 bits per heavy atom. The summed E-state index contributed by atoms with van der Waals surface area (Å²) in [6.07, 6.45) is 0. The van der Waals surface area contributed by atoms with E-state index in [0.717, 1.165) is 0 Å². The van der Waals surface area contributed by atoms with Crippen molar-refractivity contribution >= 4 is 40.8 Å². The van der Waals surface area contributed by atoms with Crippen molar-refractivity contribution in [2.24, 2.45) is 0 Å². The molecule has 1 N–H and O–H groups in total. The molecule has 0 aliphatic carbocycles. The van der Waals surface area contributed by atoms with Crippen LogP contribution >= 0.6 is 30.8 Å². The van der Waals surface area contributed by atoms with Crippen LogP contribution in [-0.4, -0.2) is 21.6 Å². The van der Waals surface area contributed by atoms with Crippen LogP contribution in [0.25, 0.3) is 0 Å². The second-order valence-electron chi connectivity index (χ2n) is 5.84. The van der Waals surface area contributed by atoms with Crippen molar-refractivity contribution in [1.29, 1.82) is 0 Å². The second-order valence-corrected chi connectivity index (χ2v) is 10.5. The van der Waals surface area contributed by atoms with E-state index in [1.807, 2.05) is 0 Å². The first kappa shape index (κ1) is 23.4. The maximum atomic E-state index is 13.4. The third-order valence-electron chi connectivity index (χ3n) is 3.82. The maximum absolute atomic E-state index is 13.4. The van der Waals surface area contributed by atoms with E-state index in [1.165, 1.54) is 12.1 Å². The molecule has 0 aliphatic rings. The zero-order valence-electron chi connectivity index (χ0n) is 15.7. The van der Waals surface area contributed by atoms with Gasteiger partial charge in [-0.15, -0.1) is 0 Å². The van der Waals surface area contributed by atoms with E-state index < -0.39 is 23.4 Å². The Bertz CT molecular complexity index is 959. The van der Waals surface area contributed by atoms with Gasteiger partial charge in [-0.1, -0.05) is 53.5 Å². The zero-order valence-corrected chi connectivity index (χ0v) is 18.9. The summed E-state index contributed by atoms with van der Waals surface area (Å²) in [5.41, 5.74) is 0.985. The highest BCUT2D eigenvalue weighted by atomic mass is 35.5. The molecule has 1 atom stereocenters. The summed E-state index contributed by atoms with van der Waals surface area (Å²) in [5, 5.41) is 0.301. The lowest BCUT2D eigenvalue weighted by molar-refractivity contribution is 0.210. The molecule has 0 fully saturated rings. The van der Waals surface area contributed by atoms with Crippen molar-refractivity contribution in [2.45, 2.75) is 31.4 Å². The first-order valence-electron chi connectivity index (χ1n) is 8.56. The predicted octanol–water partition coefficient (Wildman–Crippen LogP) is 5.55. The molecule has 0 saturated carbocycles. The molecular formula is C18H22Cl2NO5PS. The Morgan fingerprint density at radius 2 is 1.61 bits per heavy atom. The molecule has 2 aromatic carbocycles. The van der Waals surface area contributed by atoms with Crippen LogP contribution in [0.1, 0.15) is 30.8 Å². The van der Waals surface area contributed by atoms with E-state index >= 15 is 0 Å². The third kappa shape index (κ3) is 5.36. The average molecular weight is 466 g/mol. The Hall–Kier alpha value is -0.920. The summed E-state index contributed by atoms with van der Waals surface area (Å²) in [4.78, 5) is -0.170. The standard InChI is InChI=1S/C18H22Cl2NO5PS/c1-4-25-27(22,26-5-2)18(14-9-7-6-8-10-14)21-28(23,24)17-11-13(3)15(19)12-16(17)20/h6-12,18,21H,4-5H2,1-3H3. The number of rotatable bonds is 9. The van der Waals surface area contributed by atoms with E-state index in [9.17, 15) is 13.0 Å². The molecule has 154 valence electrons. The molecule has 0 heterocycles. The minimum Gasteiger partial charge on any atom is -0.308 e. The summed E-state index contributed by atoms with van der Waals surface area (Å²) >= 11 is 12.1. The van der Waals surface area contributed by atoms with Crippen LogP contribution in [0.5, 0.6) is 0 Å². The monoisotopic (exact) mass is 465 g/mol. The van der Waals surface area contributed by atoms with Gasteiger partial charge >= 0.3 is 7.60 Å². The van der Waals surface area contributed by atoms with Gasteiger partial charge in [0.25, 0.3) is 0 Å². The molecule has 2 rings (SSSR count). The first-order chi connectivity index (χ1) is 13.1. The SMILES string of the molecule is CCOP(=O)(OCC)C(NS(=O)(=O)c1cc(C)c(Cl)cc1Cl)c1ccccc1. The summed E-state index contributed by atoms with van der Waals surface area (Å²) in [7, 11) is -8.03. The van der Waals surface area contributed by atoms with Gasteiger partial charge < -0.3 is 9.05 Å². The lowest BCUT2D eigenvalue weighted by Crippen LogP contribution is -2.30. The lowest BCUT2D eigenvalue weighted by Gasteiger charge is -2.27. The molecule has 0 saturated heterocycles. The Kier molecular flexibility index (Phi) is 8.11.